The molecule has 3 rings (SSSR count). The van der Waals surface area contributed by atoms with Gasteiger partial charge in [0, 0.05) is 18.8 Å². The first-order valence-electron chi connectivity index (χ1n) is 5.85. The molecule has 0 atom stereocenters. The summed E-state index contributed by atoms with van der Waals surface area (Å²) in [6.45, 7) is 0. The molecule has 1 aromatic heterocycles. The van der Waals surface area contributed by atoms with Crippen molar-refractivity contribution in [3.05, 3.63) is 48.7 Å². The molecule has 0 aliphatic carbocycles. The zero-order valence-corrected chi connectivity index (χ0v) is 10.4. The zero-order valence-electron chi connectivity index (χ0n) is 10.4. The van der Waals surface area contributed by atoms with Crippen LogP contribution in [-0.2, 0) is 7.05 Å². The van der Waals surface area contributed by atoms with Gasteiger partial charge >= 0.3 is 0 Å². The second-order valence-electron chi connectivity index (χ2n) is 4.20. The number of hydrogen-bond donors (Lipinski definition) is 0. The van der Waals surface area contributed by atoms with Gasteiger partial charge in [0.25, 0.3) is 0 Å². The Kier molecular flexibility index (Phi) is 2.52. The molecule has 0 saturated heterocycles. The van der Waals surface area contributed by atoms with Gasteiger partial charge in [-0.15, -0.1) is 0 Å². The molecule has 0 bridgehead atoms. The first-order valence-corrected chi connectivity index (χ1v) is 5.85. The number of benzene rings is 2. The number of hydrogen-bond acceptors (Lipinski definition) is 2. The molecule has 3 aromatic rings. The molecule has 3 heteroatoms. The molecule has 0 amide bonds. The second-order valence-corrected chi connectivity index (χ2v) is 4.20. The molecule has 2 aromatic carbocycles. The second kappa shape index (κ2) is 4.18. The smallest absolute Gasteiger partial charge is 0.128 e. The molecule has 0 radical (unpaired) electrons. The molecular formula is C15H14N2O. The molecule has 90 valence electrons. The Labute approximate surface area is 106 Å². The number of nitrogens with zero attached hydrogens (tertiary/aromatic N) is 2. The Morgan fingerprint density at radius 2 is 1.89 bits per heavy atom. The minimum atomic E-state index is 0.872. The lowest BCUT2D eigenvalue weighted by Gasteiger charge is -2.12. The maximum absolute atomic E-state index is 5.49. The summed E-state index contributed by atoms with van der Waals surface area (Å²) < 4.78 is 7.36. The third kappa shape index (κ3) is 1.56. The Balaban J connectivity index is 2.41. The third-order valence-corrected chi connectivity index (χ3v) is 3.19. The van der Waals surface area contributed by atoms with Crippen molar-refractivity contribution < 1.29 is 4.74 Å². The average Bonchev–Trinajstić information content (AvgIpc) is 2.83. The molecule has 0 saturated carbocycles. The summed E-state index contributed by atoms with van der Waals surface area (Å²) in [5.41, 5.74) is 2.15. The van der Waals surface area contributed by atoms with Gasteiger partial charge in [0.2, 0.25) is 0 Å². The van der Waals surface area contributed by atoms with Crippen molar-refractivity contribution in [1.29, 1.82) is 0 Å². The van der Waals surface area contributed by atoms with Crippen LogP contribution in [0.4, 0.5) is 0 Å². The van der Waals surface area contributed by atoms with Crippen LogP contribution in [0.25, 0.3) is 22.0 Å². The fourth-order valence-corrected chi connectivity index (χ4v) is 2.30. The van der Waals surface area contributed by atoms with Crippen molar-refractivity contribution in [1.82, 2.24) is 9.78 Å². The van der Waals surface area contributed by atoms with Crippen LogP contribution in [-0.4, -0.2) is 16.9 Å². The lowest BCUT2D eigenvalue weighted by Crippen LogP contribution is -1.96. The topological polar surface area (TPSA) is 27.1 Å². The maximum atomic E-state index is 5.49. The summed E-state index contributed by atoms with van der Waals surface area (Å²) in [4.78, 5) is 0. The quantitative estimate of drug-likeness (QED) is 0.685. The molecule has 1 heterocycles. The van der Waals surface area contributed by atoms with Gasteiger partial charge in [-0.1, -0.05) is 30.3 Å². The molecule has 3 nitrogen and oxygen atoms in total. The zero-order chi connectivity index (χ0) is 12.5. The van der Waals surface area contributed by atoms with Crippen molar-refractivity contribution in [3.63, 3.8) is 0 Å². The number of methoxy groups -OCH3 is 1. The molecule has 18 heavy (non-hydrogen) atoms. The van der Waals surface area contributed by atoms with Gasteiger partial charge in [-0.3, -0.25) is 4.68 Å². The van der Waals surface area contributed by atoms with E-state index in [1.54, 1.807) is 13.3 Å². The summed E-state index contributed by atoms with van der Waals surface area (Å²) >= 11 is 0. The summed E-state index contributed by atoms with van der Waals surface area (Å²) in [7, 11) is 3.64. The fourth-order valence-electron chi connectivity index (χ4n) is 2.30. The molecule has 0 spiro atoms. The fraction of sp³-hybridized carbons (Fsp3) is 0.133. The third-order valence-electron chi connectivity index (χ3n) is 3.19. The minimum absolute atomic E-state index is 0.872. The van der Waals surface area contributed by atoms with Crippen LogP contribution in [0.2, 0.25) is 0 Å². The van der Waals surface area contributed by atoms with Gasteiger partial charge in [-0.05, 0) is 22.9 Å². The normalized spacial score (nSPS) is 10.8. The van der Waals surface area contributed by atoms with E-state index in [4.69, 9.17) is 4.74 Å². The van der Waals surface area contributed by atoms with Crippen molar-refractivity contribution in [3.8, 4) is 17.0 Å². The van der Waals surface area contributed by atoms with Gasteiger partial charge in [0.1, 0.15) is 5.75 Å². The van der Waals surface area contributed by atoms with Crippen molar-refractivity contribution in [2.75, 3.05) is 7.11 Å². The van der Waals surface area contributed by atoms with E-state index in [0.29, 0.717) is 0 Å². The predicted octanol–water partition coefficient (Wildman–Crippen LogP) is 3.25. The highest BCUT2D eigenvalue weighted by molar-refractivity contribution is 5.98. The van der Waals surface area contributed by atoms with Gasteiger partial charge in [0.05, 0.1) is 12.8 Å². The van der Waals surface area contributed by atoms with Crippen LogP contribution in [0, 0.1) is 0 Å². The lowest BCUT2D eigenvalue weighted by molar-refractivity contribution is 0.416. The molecule has 0 aliphatic rings. The highest BCUT2D eigenvalue weighted by Crippen LogP contribution is 2.36. The predicted molar refractivity (Wildman–Crippen MR) is 72.7 cm³/mol. The Morgan fingerprint density at radius 3 is 2.61 bits per heavy atom. The van der Waals surface area contributed by atoms with Crippen LogP contribution in [0.3, 0.4) is 0 Å². The van der Waals surface area contributed by atoms with E-state index in [1.165, 1.54) is 10.8 Å². The van der Waals surface area contributed by atoms with E-state index in [9.17, 15) is 0 Å². The largest absolute Gasteiger partial charge is 0.496 e. The van der Waals surface area contributed by atoms with E-state index >= 15 is 0 Å². The number of aromatic nitrogens is 2. The van der Waals surface area contributed by atoms with Crippen molar-refractivity contribution in [2.45, 2.75) is 0 Å². The number of rotatable bonds is 2. The van der Waals surface area contributed by atoms with E-state index in [2.05, 4.69) is 23.3 Å². The van der Waals surface area contributed by atoms with E-state index < -0.39 is 0 Å². The van der Waals surface area contributed by atoms with Gasteiger partial charge in [-0.2, -0.15) is 5.10 Å². The van der Waals surface area contributed by atoms with Gasteiger partial charge in [0.15, 0.2) is 0 Å². The Morgan fingerprint density at radius 1 is 1.06 bits per heavy atom. The summed E-state index contributed by atoms with van der Waals surface area (Å²) in [5, 5.41) is 6.62. The SMILES string of the molecule is COc1ccc2ccccc2c1-c1ccnn1C. The first-order chi connectivity index (χ1) is 8.81. The Hall–Kier alpha value is -2.29. The first kappa shape index (κ1) is 10.8. The van der Waals surface area contributed by atoms with Crippen LogP contribution in [0.15, 0.2) is 48.7 Å². The summed E-state index contributed by atoms with van der Waals surface area (Å²) in [6, 6.07) is 14.4. The number of ether oxygens (including phenoxy) is 1. The average molecular weight is 238 g/mol. The number of aryl methyl sites for hydroxylation is 1. The van der Waals surface area contributed by atoms with Gasteiger partial charge < -0.3 is 4.74 Å². The standard InChI is InChI=1S/C15H14N2O/c1-17-13(9-10-16-17)15-12-6-4-3-5-11(12)7-8-14(15)18-2/h3-10H,1-2H3. The Bertz CT molecular complexity index is 701. The van der Waals surface area contributed by atoms with E-state index in [0.717, 1.165) is 17.0 Å². The van der Waals surface area contributed by atoms with Gasteiger partial charge in [-0.25, -0.2) is 0 Å². The van der Waals surface area contributed by atoms with Crippen molar-refractivity contribution in [2.24, 2.45) is 7.05 Å². The van der Waals surface area contributed by atoms with Crippen LogP contribution >= 0.6 is 0 Å². The van der Waals surface area contributed by atoms with E-state index in [-0.39, 0.29) is 0 Å². The maximum Gasteiger partial charge on any atom is 0.128 e. The van der Waals surface area contributed by atoms with Crippen LogP contribution < -0.4 is 4.74 Å². The molecule has 0 unspecified atom stereocenters. The summed E-state index contributed by atoms with van der Waals surface area (Å²) in [6.07, 6.45) is 1.80. The number of fused-ring (bicyclic) bond motifs is 1. The lowest BCUT2D eigenvalue weighted by atomic mass is 10.0. The van der Waals surface area contributed by atoms with Crippen LogP contribution in [0.5, 0.6) is 5.75 Å². The molecule has 0 fully saturated rings. The molecule has 0 aliphatic heterocycles. The van der Waals surface area contributed by atoms with Crippen molar-refractivity contribution >= 4 is 10.8 Å². The summed E-state index contributed by atoms with van der Waals surface area (Å²) in [5.74, 6) is 0.872. The minimum Gasteiger partial charge on any atom is -0.496 e. The van der Waals surface area contributed by atoms with Crippen LogP contribution in [0.1, 0.15) is 0 Å². The monoisotopic (exact) mass is 238 g/mol. The molecule has 0 N–H and O–H groups in total. The molecular weight excluding hydrogens is 224 g/mol. The van der Waals surface area contributed by atoms with E-state index in [1.807, 2.05) is 36.0 Å². The highest BCUT2D eigenvalue weighted by atomic mass is 16.5. The highest BCUT2D eigenvalue weighted by Gasteiger charge is 2.13.